The maximum atomic E-state index is 13.4. The number of amidine groups is 1. The molecule has 0 atom stereocenters. The molecule has 3 aromatic carbocycles. The van der Waals surface area contributed by atoms with Crippen molar-refractivity contribution in [2.75, 3.05) is 0 Å². The maximum Gasteiger partial charge on any atom is 0.264 e. The number of aryl methyl sites for hydroxylation is 1. The van der Waals surface area contributed by atoms with E-state index in [1.165, 1.54) is 23.9 Å². The molecule has 6 heteroatoms. The van der Waals surface area contributed by atoms with Gasteiger partial charge in [-0.1, -0.05) is 48.0 Å². The first-order valence-electron chi connectivity index (χ1n) is 9.39. The summed E-state index contributed by atoms with van der Waals surface area (Å²) in [5, 5.41) is 3.33. The van der Waals surface area contributed by atoms with Gasteiger partial charge in [0.15, 0.2) is 5.17 Å². The van der Waals surface area contributed by atoms with Crippen LogP contribution < -0.4 is 10.1 Å². The zero-order valence-corrected chi connectivity index (χ0v) is 17.1. The van der Waals surface area contributed by atoms with E-state index in [0.717, 1.165) is 22.4 Å². The minimum absolute atomic E-state index is 0.203. The molecule has 0 aliphatic carbocycles. The zero-order valence-electron chi connectivity index (χ0n) is 16.3. The van der Waals surface area contributed by atoms with Crippen LogP contribution in [0.4, 0.5) is 10.1 Å². The topological polar surface area (TPSA) is 50.7 Å². The van der Waals surface area contributed by atoms with Crippen LogP contribution in [0.15, 0.2) is 82.7 Å². The molecule has 4 rings (SSSR count). The van der Waals surface area contributed by atoms with E-state index < -0.39 is 0 Å². The number of nitrogens with zero attached hydrogens (tertiary/aromatic N) is 1. The number of halogens is 1. The summed E-state index contributed by atoms with van der Waals surface area (Å²) in [5.74, 6) is 0.114. The van der Waals surface area contributed by atoms with Gasteiger partial charge in [0.2, 0.25) is 0 Å². The summed E-state index contributed by atoms with van der Waals surface area (Å²) in [6.07, 6.45) is 1.78. The molecule has 1 saturated heterocycles. The van der Waals surface area contributed by atoms with Crippen molar-refractivity contribution in [3.05, 3.63) is 100 Å². The van der Waals surface area contributed by atoms with E-state index in [2.05, 4.69) is 10.3 Å². The van der Waals surface area contributed by atoms with E-state index in [0.29, 0.717) is 15.8 Å². The highest BCUT2D eigenvalue weighted by atomic mass is 32.2. The number of para-hydroxylation sites is 1. The summed E-state index contributed by atoms with van der Waals surface area (Å²) in [5.41, 5.74) is 3.43. The fourth-order valence-corrected chi connectivity index (χ4v) is 3.71. The lowest BCUT2D eigenvalue weighted by atomic mass is 10.2. The number of benzene rings is 3. The van der Waals surface area contributed by atoms with Crippen LogP contribution in [0.3, 0.4) is 0 Å². The van der Waals surface area contributed by atoms with E-state index in [4.69, 9.17) is 4.74 Å². The Morgan fingerprint density at radius 3 is 2.67 bits per heavy atom. The Bertz CT molecular complexity index is 1140. The van der Waals surface area contributed by atoms with Crippen molar-refractivity contribution in [2.24, 2.45) is 4.99 Å². The monoisotopic (exact) mass is 418 g/mol. The van der Waals surface area contributed by atoms with Gasteiger partial charge in [0.05, 0.1) is 10.6 Å². The molecular weight excluding hydrogens is 399 g/mol. The standard InChI is InChI=1S/C24H19FN2O2S/c1-16-9-11-20(12-10-16)26-24-27-23(28)22(30-24)14-18-6-2-3-8-21(18)29-15-17-5-4-7-19(25)13-17/h2-14H,15H2,1H3,(H,26,27,28)/b22-14+. The van der Waals surface area contributed by atoms with Crippen molar-refractivity contribution in [3.8, 4) is 5.75 Å². The minimum atomic E-state index is -0.300. The Morgan fingerprint density at radius 2 is 1.87 bits per heavy atom. The molecule has 0 unspecified atom stereocenters. The van der Waals surface area contributed by atoms with Crippen molar-refractivity contribution in [1.29, 1.82) is 0 Å². The van der Waals surface area contributed by atoms with Crippen LogP contribution in [0, 0.1) is 12.7 Å². The van der Waals surface area contributed by atoms with Gasteiger partial charge in [-0.2, -0.15) is 0 Å². The van der Waals surface area contributed by atoms with E-state index in [9.17, 15) is 9.18 Å². The van der Waals surface area contributed by atoms with Crippen molar-refractivity contribution < 1.29 is 13.9 Å². The second-order valence-electron chi connectivity index (χ2n) is 6.77. The van der Waals surface area contributed by atoms with Crippen LogP contribution in [-0.4, -0.2) is 11.1 Å². The van der Waals surface area contributed by atoms with Crippen LogP contribution >= 0.6 is 11.8 Å². The first-order chi connectivity index (χ1) is 14.6. The highest BCUT2D eigenvalue weighted by Gasteiger charge is 2.24. The molecule has 30 heavy (non-hydrogen) atoms. The fraction of sp³-hybridized carbons (Fsp3) is 0.0833. The average molecular weight is 418 g/mol. The number of hydrogen-bond donors (Lipinski definition) is 1. The molecule has 0 spiro atoms. The van der Waals surface area contributed by atoms with Crippen molar-refractivity contribution in [2.45, 2.75) is 13.5 Å². The number of ether oxygens (including phenoxy) is 1. The lowest BCUT2D eigenvalue weighted by molar-refractivity contribution is -0.115. The third-order valence-electron chi connectivity index (χ3n) is 4.40. The van der Waals surface area contributed by atoms with Crippen LogP contribution in [0.1, 0.15) is 16.7 Å². The predicted octanol–water partition coefficient (Wildman–Crippen LogP) is 5.60. The van der Waals surface area contributed by atoms with Crippen LogP contribution in [-0.2, 0) is 11.4 Å². The second-order valence-corrected chi connectivity index (χ2v) is 7.80. The smallest absolute Gasteiger partial charge is 0.264 e. The summed E-state index contributed by atoms with van der Waals surface area (Å²) in [4.78, 5) is 17.4. The molecule has 1 N–H and O–H groups in total. The number of carbonyl (C=O) groups excluding carboxylic acids is 1. The second kappa shape index (κ2) is 8.97. The van der Waals surface area contributed by atoms with Crippen molar-refractivity contribution in [3.63, 3.8) is 0 Å². The largest absolute Gasteiger partial charge is 0.488 e. The molecule has 1 amide bonds. The molecule has 0 radical (unpaired) electrons. The van der Waals surface area contributed by atoms with Gasteiger partial charge in [0.25, 0.3) is 5.91 Å². The number of aliphatic imine (C=N–C) groups is 1. The molecule has 1 fully saturated rings. The molecular formula is C24H19FN2O2S. The summed E-state index contributed by atoms with van der Waals surface area (Å²) < 4.78 is 19.2. The SMILES string of the molecule is Cc1ccc(N=C2NC(=O)/C(=C\c3ccccc3OCc3cccc(F)c3)S2)cc1. The number of hydrogen-bond acceptors (Lipinski definition) is 4. The quantitative estimate of drug-likeness (QED) is 0.549. The lowest BCUT2D eigenvalue weighted by Crippen LogP contribution is -2.19. The third-order valence-corrected chi connectivity index (χ3v) is 5.31. The van der Waals surface area contributed by atoms with Gasteiger partial charge in [-0.25, -0.2) is 9.38 Å². The minimum Gasteiger partial charge on any atom is -0.488 e. The van der Waals surface area contributed by atoms with Gasteiger partial charge >= 0.3 is 0 Å². The Labute approximate surface area is 178 Å². The molecule has 150 valence electrons. The van der Waals surface area contributed by atoms with Crippen molar-refractivity contribution >= 4 is 34.6 Å². The van der Waals surface area contributed by atoms with Gasteiger partial charge in [-0.05, 0) is 60.7 Å². The normalized spacial score (nSPS) is 16.1. The molecule has 0 bridgehead atoms. The van der Waals surface area contributed by atoms with Crippen LogP contribution in [0.2, 0.25) is 0 Å². The van der Waals surface area contributed by atoms with Crippen LogP contribution in [0.5, 0.6) is 5.75 Å². The highest BCUT2D eigenvalue weighted by molar-refractivity contribution is 8.18. The summed E-state index contributed by atoms with van der Waals surface area (Å²) in [7, 11) is 0. The molecule has 0 saturated carbocycles. The third kappa shape index (κ3) is 4.96. The predicted molar refractivity (Wildman–Crippen MR) is 119 cm³/mol. The Hall–Kier alpha value is -3.38. The maximum absolute atomic E-state index is 13.4. The number of rotatable bonds is 5. The van der Waals surface area contributed by atoms with E-state index in [1.54, 1.807) is 18.2 Å². The van der Waals surface area contributed by atoms with Gasteiger partial charge in [-0.15, -0.1) is 0 Å². The lowest BCUT2D eigenvalue weighted by Gasteiger charge is -2.09. The van der Waals surface area contributed by atoms with Crippen LogP contribution in [0.25, 0.3) is 6.08 Å². The number of nitrogens with one attached hydrogen (secondary N) is 1. The Balaban J connectivity index is 1.51. The summed E-state index contributed by atoms with van der Waals surface area (Å²) in [6.45, 7) is 2.25. The number of carbonyl (C=O) groups is 1. The zero-order chi connectivity index (χ0) is 20.9. The first-order valence-corrected chi connectivity index (χ1v) is 10.2. The highest BCUT2D eigenvalue weighted by Crippen LogP contribution is 2.31. The van der Waals surface area contributed by atoms with E-state index >= 15 is 0 Å². The van der Waals surface area contributed by atoms with Crippen molar-refractivity contribution in [1.82, 2.24) is 5.32 Å². The molecule has 0 aromatic heterocycles. The van der Waals surface area contributed by atoms with Gasteiger partial charge in [-0.3, -0.25) is 4.79 Å². The molecule has 3 aromatic rings. The first kappa shape index (κ1) is 19.9. The summed E-state index contributed by atoms with van der Waals surface area (Å²) >= 11 is 1.28. The van der Waals surface area contributed by atoms with E-state index in [1.807, 2.05) is 55.5 Å². The fourth-order valence-electron chi connectivity index (χ4n) is 2.88. The van der Waals surface area contributed by atoms with Gasteiger partial charge < -0.3 is 10.1 Å². The molecule has 1 aliphatic rings. The molecule has 1 heterocycles. The van der Waals surface area contributed by atoms with Gasteiger partial charge in [0, 0.05) is 5.56 Å². The Kier molecular flexibility index (Phi) is 5.95. The average Bonchev–Trinajstić information content (AvgIpc) is 3.08. The Morgan fingerprint density at radius 1 is 1.07 bits per heavy atom. The van der Waals surface area contributed by atoms with Gasteiger partial charge in [0.1, 0.15) is 18.2 Å². The number of amides is 1. The number of thioether (sulfide) groups is 1. The molecule has 1 aliphatic heterocycles. The van der Waals surface area contributed by atoms with E-state index in [-0.39, 0.29) is 18.3 Å². The summed E-state index contributed by atoms with van der Waals surface area (Å²) in [6, 6.07) is 21.5. The molecule has 4 nitrogen and oxygen atoms in total.